The zero-order valence-corrected chi connectivity index (χ0v) is 14.6. The molecule has 130 valence electrons. The first kappa shape index (κ1) is 16.2. The maximum atomic E-state index is 10.8. The monoisotopic (exact) mass is 366 g/mol. The predicted octanol–water partition coefficient (Wildman–Crippen LogP) is 4.08. The fourth-order valence-corrected chi connectivity index (χ4v) is 3.12. The van der Waals surface area contributed by atoms with Gasteiger partial charge in [0.2, 0.25) is 0 Å². The number of aromatic amines is 2. The second-order valence-corrected chi connectivity index (χ2v) is 6.10. The smallest absolute Gasteiger partial charge is 0.269 e. The van der Waals surface area contributed by atoms with Crippen LogP contribution in [0.3, 0.4) is 0 Å². The average Bonchev–Trinajstić information content (AvgIpc) is 3.24. The largest absolute Gasteiger partial charge is 0.338 e. The van der Waals surface area contributed by atoms with Gasteiger partial charge in [-0.25, -0.2) is 4.98 Å². The molecule has 2 N–H and O–H groups in total. The van der Waals surface area contributed by atoms with Gasteiger partial charge >= 0.3 is 0 Å². The van der Waals surface area contributed by atoms with Crippen molar-refractivity contribution in [2.45, 2.75) is 13.5 Å². The topological polar surface area (TPSA) is 105 Å². The standard InChI is InChI=1S/C17H14N6O2S/c1-2-22-16(20-21-17(22)26)11-5-8-13-14(9-11)19-15(18-13)10-3-6-12(7-4-10)23(24)25/h3-9H,2H2,1H3,(H,18,19)(H,21,26). The molecular weight excluding hydrogens is 352 g/mol. The van der Waals surface area contributed by atoms with Crippen molar-refractivity contribution in [2.75, 3.05) is 0 Å². The molecule has 4 aromatic rings. The lowest BCUT2D eigenvalue weighted by Gasteiger charge is -2.03. The molecule has 0 atom stereocenters. The van der Waals surface area contributed by atoms with Crippen LogP contribution in [0.1, 0.15) is 6.92 Å². The summed E-state index contributed by atoms with van der Waals surface area (Å²) < 4.78 is 2.50. The number of non-ortho nitro benzene ring substituents is 1. The van der Waals surface area contributed by atoms with Gasteiger partial charge in [-0.1, -0.05) is 0 Å². The number of nitrogens with zero attached hydrogens (tertiary/aromatic N) is 4. The highest BCUT2D eigenvalue weighted by Gasteiger charge is 2.12. The molecular formula is C17H14N6O2S. The van der Waals surface area contributed by atoms with Gasteiger partial charge in [0.25, 0.3) is 5.69 Å². The summed E-state index contributed by atoms with van der Waals surface area (Å²) in [6.45, 7) is 2.73. The van der Waals surface area contributed by atoms with Gasteiger partial charge in [0.1, 0.15) is 5.82 Å². The predicted molar refractivity (Wildman–Crippen MR) is 100 cm³/mol. The maximum absolute atomic E-state index is 10.8. The van der Waals surface area contributed by atoms with Gasteiger partial charge in [-0.05, 0) is 49.5 Å². The Kier molecular flexibility index (Phi) is 3.85. The van der Waals surface area contributed by atoms with Gasteiger partial charge in [0, 0.05) is 29.8 Å². The molecule has 2 aromatic carbocycles. The van der Waals surface area contributed by atoms with Gasteiger partial charge in [-0.2, -0.15) is 5.10 Å². The number of imidazole rings is 1. The minimum absolute atomic E-state index is 0.0505. The van der Waals surface area contributed by atoms with E-state index in [2.05, 4.69) is 20.2 Å². The van der Waals surface area contributed by atoms with Crippen LogP contribution in [0.15, 0.2) is 42.5 Å². The summed E-state index contributed by atoms with van der Waals surface area (Å²) in [6, 6.07) is 12.1. The van der Waals surface area contributed by atoms with E-state index in [0.29, 0.717) is 10.6 Å². The molecule has 0 unspecified atom stereocenters. The minimum atomic E-state index is -0.422. The van der Waals surface area contributed by atoms with Crippen LogP contribution in [-0.4, -0.2) is 29.7 Å². The van der Waals surface area contributed by atoms with Gasteiger partial charge in [0.05, 0.1) is 16.0 Å². The number of nitro groups is 1. The van der Waals surface area contributed by atoms with E-state index in [9.17, 15) is 10.1 Å². The SMILES string of the molecule is CCn1c(-c2ccc3nc(-c4ccc([N+](=O)[O-])cc4)[nH]c3c2)n[nH]c1=S. The molecule has 0 radical (unpaired) electrons. The summed E-state index contributed by atoms with van der Waals surface area (Å²) in [7, 11) is 0. The molecule has 2 aromatic heterocycles. The van der Waals surface area contributed by atoms with E-state index in [1.807, 2.05) is 29.7 Å². The zero-order chi connectivity index (χ0) is 18.3. The lowest BCUT2D eigenvalue weighted by Crippen LogP contribution is -1.97. The molecule has 8 nitrogen and oxygen atoms in total. The van der Waals surface area contributed by atoms with Crippen LogP contribution in [-0.2, 0) is 6.54 Å². The number of H-pyrrole nitrogens is 2. The molecule has 0 saturated heterocycles. The first-order chi connectivity index (χ1) is 12.6. The van der Waals surface area contributed by atoms with Crippen molar-refractivity contribution in [3.8, 4) is 22.8 Å². The highest BCUT2D eigenvalue weighted by atomic mass is 32.1. The normalized spacial score (nSPS) is 11.1. The van der Waals surface area contributed by atoms with Crippen LogP contribution in [0.5, 0.6) is 0 Å². The number of nitrogens with one attached hydrogen (secondary N) is 2. The number of hydrogen-bond acceptors (Lipinski definition) is 5. The van der Waals surface area contributed by atoms with Crippen molar-refractivity contribution < 1.29 is 4.92 Å². The van der Waals surface area contributed by atoms with E-state index in [1.165, 1.54) is 12.1 Å². The zero-order valence-electron chi connectivity index (χ0n) is 13.8. The molecule has 0 aliphatic rings. The van der Waals surface area contributed by atoms with Crippen molar-refractivity contribution in [2.24, 2.45) is 0 Å². The Labute approximate surface area is 152 Å². The average molecular weight is 366 g/mol. The quantitative estimate of drug-likeness (QED) is 0.322. The maximum Gasteiger partial charge on any atom is 0.269 e. The van der Waals surface area contributed by atoms with E-state index in [1.54, 1.807) is 12.1 Å². The summed E-state index contributed by atoms with van der Waals surface area (Å²) >= 11 is 5.24. The first-order valence-corrected chi connectivity index (χ1v) is 8.38. The lowest BCUT2D eigenvalue weighted by molar-refractivity contribution is -0.384. The first-order valence-electron chi connectivity index (χ1n) is 7.97. The van der Waals surface area contributed by atoms with Crippen LogP contribution in [0.25, 0.3) is 33.8 Å². The van der Waals surface area contributed by atoms with Crippen molar-refractivity contribution in [1.82, 2.24) is 24.7 Å². The van der Waals surface area contributed by atoms with E-state index in [0.717, 1.165) is 34.5 Å². The van der Waals surface area contributed by atoms with Gasteiger partial charge in [-0.15, -0.1) is 0 Å². The van der Waals surface area contributed by atoms with Crippen LogP contribution in [0.2, 0.25) is 0 Å². The Balaban J connectivity index is 1.76. The van der Waals surface area contributed by atoms with Crippen LogP contribution in [0, 0.1) is 14.9 Å². The lowest BCUT2D eigenvalue weighted by atomic mass is 10.2. The van der Waals surface area contributed by atoms with E-state index >= 15 is 0 Å². The highest BCUT2D eigenvalue weighted by molar-refractivity contribution is 7.71. The molecule has 0 saturated carbocycles. The molecule has 4 rings (SSSR count). The summed E-state index contributed by atoms with van der Waals surface area (Å²) in [5, 5.41) is 17.9. The molecule has 0 spiro atoms. The van der Waals surface area contributed by atoms with E-state index in [-0.39, 0.29) is 5.69 Å². The Hall–Kier alpha value is -3.33. The number of hydrogen-bond donors (Lipinski definition) is 2. The van der Waals surface area contributed by atoms with Crippen LogP contribution in [0.4, 0.5) is 5.69 Å². The van der Waals surface area contributed by atoms with E-state index in [4.69, 9.17) is 12.2 Å². The van der Waals surface area contributed by atoms with Gasteiger partial charge in [-0.3, -0.25) is 15.2 Å². The summed E-state index contributed by atoms with van der Waals surface area (Å²) in [5.41, 5.74) is 3.41. The Morgan fingerprint density at radius 1 is 1.19 bits per heavy atom. The van der Waals surface area contributed by atoms with Gasteiger partial charge in [0.15, 0.2) is 10.6 Å². The van der Waals surface area contributed by atoms with Crippen LogP contribution >= 0.6 is 12.2 Å². The molecule has 2 heterocycles. The second-order valence-electron chi connectivity index (χ2n) is 5.72. The molecule has 0 aliphatic carbocycles. The third-order valence-corrected chi connectivity index (χ3v) is 4.48. The summed E-state index contributed by atoms with van der Waals surface area (Å²) in [5.74, 6) is 1.42. The number of fused-ring (bicyclic) bond motifs is 1. The molecule has 0 bridgehead atoms. The summed E-state index contributed by atoms with van der Waals surface area (Å²) in [6.07, 6.45) is 0. The second kappa shape index (κ2) is 6.19. The molecule has 0 fully saturated rings. The Bertz CT molecular complexity index is 1170. The molecule has 9 heteroatoms. The molecule has 26 heavy (non-hydrogen) atoms. The van der Waals surface area contributed by atoms with Crippen molar-refractivity contribution >= 4 is 28.9 Å². The van der Waals surface area contributed by atoms with Crippen molar-refractivity contribution in [3.63, 3.8) is 0 Å². The molecule has 0 amide bonds. The third-order valence-electron chi connectivity index (χ3n) is 4.17. The molecule has 0 aliphatic heterocycles. The number of rotatable bonds is 4. The van der Waals surface area contributed by atoms with E-state index < -0.39 is 4.92 Å². The fraction of sp³-hybridized carbons (Fsp3) is 0.118. The number of aromatic nitrogens is 5. The summed E-state index contributed by atoms with van der Waals surface area (Å²) in [4.78, 5) is 18.2. The third kappa shape index (κ3) is 2.68. The van der Waals surface area contributed by atoms with Gasteiger partial charge < -0.3 is 9.55 Å². The van der Waals surface area contributed by atoms with Crippen molar-refractivity contribution in [3.05, 3.63) is 57.3 Å². The Morgan fingerprint density at radius 3 is 2.62 bits per heavy atom. The Morgan fingerprint density at radius 2 is 1.92 bits per heavy atom. The fourth-order valence-electron chi connectivity index (χ4n) is 2.86. The minimum Gasteiger partial charge on any atom is -0.338 e. The van der Waals surface area contributed by atoms with Crippen molar-refractivity contribution in [1.29, 1.82) is 0 Å². The van der Waals surface area contributed by atoms with Crippen LogP contribution < -0.4 is 0 Å². The number of nitro benzene ring substituents is 1. The number of benzene rings is 2. The highest BCUT2D eigenvalue weighted by Crippen LogP contribution is 2.26.